The van der Waals surface area contributed by atoms with Gasteiger partial charge in [0.25, 0.3) is 0 Å². The average Bonchev–Trinajstić information content (AvgIpc) is 2.29. The van der Waals surface area contributed by atoms with Gasteiger partial charge in [-0.3, -0.25) is 14.5 Å². The second kappa shape index (κ2) is 7.21. The molecular weight excluding hydrogens is 224 g/mol. The van der Waals surface area contributed by atoms with E-state index in [4.69, 9.17) is 10.5 Å². The highest BCUT2D eigenvalue weighted by atomic mass is 16.5. The van der Waals surface area contributed by atoms with Crippen LogP contribution >= 0.6 is 0 Å². The molecule has 1 saturated heterocycles. The Labute approximate surface area is 101 Å². The summed E-state index contributed by atoms with van der Waals surface area (Å²) in [7, 11) is 1.57. The first-order valence-corrected chi connectivity index (χ1v) is 5.65. The van der Waals surface area contributed by atoms with Crippen molar-refractivity contribution in [2.24, 2.45) is 5.73 Å². The van der Waals surface area contributed by atoms with E-state index in [0.29, 0.717) is 26.2 Å². The van der Waals surface area contributed by atoms with Crippen molar-refractivity contribution in [2.45, 2.75) is 6.04 Å². The van der Waals surface area contributed by atoms with Crippen LogP contribution < -0.4 is 16.4 Å². The molecule has 0 spiro atoms. The number of ether oxygens (including phenoxy) is 1. The number of carbonyl (C=O) groups excluding carboxylic acids is 2. The number of piperazine rings is 1. The van der Waals surface area contributed by atoms with Crippen molar-refractivity contribution in [2.75, 3.05) is 46.4 Å². The van der Waals surface area contributed by atoms with E-state index >= 15 is 0 Å². The van der Waals surface area contributed by atoms with Crippen molar-refractivity contribution < 1.29 is 14.3 Å². The zero-order chi connectivity index (χ0) is 12.7. The van der Waals surface area contributed by atoms with Crippen LogP contribution in [0.15, 0.2) is 0 Å². The van der Waals surface area contributed by atoms with E-state index in [1.165, 1.54) is 0 Å². The molecule has 1 aliphatic rings. The SMILES string of the molecule is COCCNC(=O)CN1CCNCC1C(N)=O. The number of carbonyl (C=O) groups is 2. The van der Waals surface area contributed by atoms with Crippen molar-refractivity contribution in [1.82, 2.24) is 15.5 Å². The molecule has 1 heterocycles. The predicted octanol–water partition coefficient (Wildman–Crippen LogP) is -2.49. The minimum atomic E-state index is -0.406. The highest BCUT2D eigenvalue weighted by Gasteiger charge is 2.27. The van der Waals surface area contributed by atoms with Gasteiger partial charge in [-0.25, -0.2) is 0 Å². The number of amides is 2. The first-order chi connectivity index (χ1) is 8.15. The lowest BCUT2D eigenvalue weighted by Crippen LogP contribution is -2.58. The molecule has 4 N–H and O–H groups in total. The van der Waals surface area contributed by atoms with Crippen molar-refractivity contribution in [3.63, 3.8) is 0 Å². The molecule has 98 valence electrons. The van der Waals surface area contributed by atoms with Crippen LogP contribution in [-0.4, -0.2) is 69.2 Å². The lowest BCUT2D eigenvalue weighted by molar-refractivity contribution is -0.127. The van der Waals surface area contributed by atoms with Crippen LogP contribution in [0.5, 0.6) is 0 Å². The van der Waals surface area contributed by atoms with Crippen LogP contribution in [0.4, 0.5) is 0 Å². The van der Waals surface area contributed by atoms with E-state index < -0.39 is 11.9 Å². The second-order valence-corrected chi connectivity index (χ2v) is 3.94. The Kier molecular flexibility index (Phi) is 5.88. The third-order valence-corrected chi connectivity index (χ3v) is 2.66. The molecule has 1 aliphatic heterocycles. The number of rotatable bonds is 6. The van der Waals surface area contributed by atoms with Crippen molar-refractivity contribution in [3.8, 4) is 0 Å². The number of primary amides is 1. The number of methoxy groups -OCH3 is 1. The molecule has 0 aromatic carbocycles. The number of nitrogens with zero attached hydrogens (tertiary/aromatic N) is 1. The molecule has 0 saturated carbocycles. The van der Waals surface area contributed by atoms with Crippen LogP contribution in [0.3, 0.4) is 0 Å². The highest BCUT2D eigenvalue weighted by Crippen LogP contribution is 2.01. The summed E-state index contributed by atoms with van der Waals surface area (Å²) in [6.45, 7) is 3.05. The van der Waals surface area contributed by atoms with Gasteiger partial charge in [-0.05, 0) is 0 Å². The van der Waals surface area contributed by atoms with Gasteiger partial charge >= 0.3 is 0 Å². The lowest BCUT2D eigenvalue weighted by atomic mass is 10.2. The average molecular weight is 244 g/mol. The summed E-state index contributed by atoms with van der Waals surface area (Å²) >= 11 is 0. The fourth-order valence-electron chi connectivity index (χ4n) is 1.75. The first kappa shape index (κ1) is 13.9. The summed E-state index contributed by atoms with van der Waals surface area (Å²) in [5.74, 6) is -0.517. The summed E-state index contributed by atoms with van der Waals surface area (Å²) in [4.78, 5) is 24.6. The van der Waals surface area contributed by atoms with Gasteiger partial charge in [0.05, 0.1) is 13.2 Å². The maximum atomic E-state index is 11.6. The van der Waals surface area contributed by atoms with E-state index in [0.717, 1.165) is 6.54 Å². The zero-order valence-corrected chi connectivity index (χ0v) is 10.1. The molecular formula is C10H20N4O3. The third-order valence-electron chi connectivity index (χ3n) is 2.66. The third kappa shape index (κ3) is 4.68. The van der Waals surface area contributed by atoms with Gasteiger partial charge in [-0.1, -0.05) is 0 Å². The predicted molar refractivity (Wildman–Crippen MR) is 62.3 cm³/mol. The molecule has 17 heavy (non-hydrogen) atoms. The maximum Gasteiger partial charge on any atom is 0.236 e. The van der Waals surface area contributed by atoms with Gasteiger partial charge < -0.3 is 21.1 Å². The molecule has 0 aromatic heterocycles. The fraction of sp³-hybridized carbons (Fsp3) is 0.800. The van der Waals surface area contributed by atoms with Gasteiger partial charge in [0.1, 0.15) is 6.04 Å². The van der Waals surface area contributed by atoms with Crippen LogP contribution in [0, 0.1) is 0 Å². The van der Waals surface area contributed by atoms with Crippen LogP contribution in [0.25, 0.3) is 0 Å². The number of nitrogens with one attached hydrogen (secondary N) is 2. The number of hydrogen-bond acceptors (Lipinski definition) is 5. The normalized spacial score (nSPS) is 21.1. The quantitative estimate of drug-likeness (QED) is 0.449. The molecule has 0 radical (unpaired) electrons. The Morgan fingerprint density at radius 1 is 1.59 bits per heavy atom. The minimum Gasteiger partial charge on any atom is -0.383 e. The van der Waals surface area contributed by atoms with Gasteiger partial charge in [0.15, 0.2) is 0 Å². The number of nitrogens with two attached hydrogens (primary N) is 1. The Hall–Kier alpha value is -1.18. The Bertz CT molecular complexity index is 272. The molecule has 1 fully saturated rings. The lowest BCUT2D eigenvalue weighted by Gasteiger charge is -2.33. The summed E-state index contributed by atoms with van der Waals surface area (Å²) in [6, 6.07) is -0.406. The van der Waals surface area contributed by atoms with Crippen molar-refractivity contribution in [1.29, 1.82) is 0 Å². The van der Waals surface area contributed by atoms with E-state index in [-0.39, 0.29) is 12.5 Å². The van der Waals surface area contributed by atoms with E-state index in [2.05, 4.69) is 10.6 Å². The fourth-order valence-corrected chi connectivity index (χ4v) is 1.75. The summed E-state index contributed by atoms with van der Waals surface area (Å²) in [6.07, 6.45) is 0. The van der Waals surface area contributed by atoms with Crippen LogP contribution in [0.2, 0.25) is 0 Å². The number of hydrogen-bond donors (Lipinski definition) is 3. The smallest absolute Gasteiger partial charge is 0.236 e. The van der Waals surface area contributed by atoms with E-state index in [9.17, 15) is 9.59 Å². The first-order valence-electron chi connectivity index (χ1n) is 5.65. The van der Waals surface area contributed by atoms with Gasteiger partial charge in [-0.15, -0.1) is 0 Å². The molecule has 1 unspecified atom stereocenters. The zero-order valence-electron chi connectivity index (χ0n) is 10.1. The summed E-state index contributed by atoms with van der Waals surface area (Å²) in [5.41, 5.74) is 5.28. The summed E-state index contributed by atoms with van der Waals surface area (Å²) in [5, 5.41) is 5.79. The standard InChI is InChI=1S/C10H20N4O3/c1-17-5-3-13-9(15)7-14-4-2-12-6-8(14)10(11)16/h8,12H,2-7H2,1H3,(H2,11,16)(H,13,15). The Morgan fingerprint density at radius 2 is 2.35 bits per heavy atom. The van der Waals surface area contributed by atoms with Crippen LogP contribution in [0.1, 0.15) is 0 Å². The van der Waals surface area contributed by atoms with Crippen molar-refractivity contribution >= 4 is 11.8 Å². The maximum absolute atomic E-state index is 11.6. The monoisotopic (exact) mass is 244 g/mol. The molecule has 0 aromatic rings. The van der Waals surface area contributed by atoms with Crippen LogP contribution in [-0.2, 0) is 14.3 Å². The highest BCUT2D eigenvalue weighted by molar-refractivity contribution is 5.82. The topological polar surface area (TPSA) is 96.7 Å². The minimum absolute atomic E-state index is 0.116. The molecule has 7 heteroatoms. The molecule has 7 nitrogen and oxygen atoms in total. The van der Waals surface area contributed by atoms with Gasteiger partial charge in [0, 0.05) is 33.3 Å². The summed E-state index contributed by atoms with van der Waals surface area (Å²) < 4.78 is 4.83. The Morgan fingerprint density at radius 3 is 3.00 bits per heavy atom. The molecule has 0 aliphatic carbocycles. The molecule has 1 atom stereocenters. The molecule has 2 amide bonds. The van der Waals surface area contributed by atoms with Crippen molar-refractivity contribution in [3.05, 3.63) is 0 Å². The van der Waals surface area contributed by atoms with E-state index in [1.807, 2.05) is 0 Å². The Balaban J connectivity index is 2.36. The molecule has 1 rings (SSSR count). The van der Waals surface area contributed by atoms with Gasteiger partial charge in [0.2, 0.25) is 11.8 Å². The largest absolute Gasteiger partial charge is 0.383 e. The molecule has 0 bridgehead atoms. The van der Waals surface area contributed by atoms with Gasteiger partial charge in [-0.2, -0.15) is 0 Å². The van der Waals surface area contributed by atoms with E-state index in [1.54, 1.807) is 12.0 Å². The second-order valence-electron chi connectivity index (χ2n) is 3.94.